The minimum Gasteiger partial charge on any atom is -0.390 e. The van der Waals surface area contributed by atoms with Crippen LogP contribution in [0, 0.1) is 5.41 Å². The number of hydrogen-bond acceptors (Lipinski definition) is 4. The standard InChI is InChI=1S/C10H22O4S/c1-10(2,3)9(12)8(11)6-5-7-15(4,13)14/h8-9,11-12H,5-7H2,1-4H3. The second-order valence-electron chi connectivity index (χ2n) is 5.15. The van der Waals surface area contributed by atoms with E-state index in [0.29, 0.717) is 12.8 Å². The topological polar surface area (TPSA) is 74.6 Å². The summed E-state index contributed by atoms with van der Waals surface area (Å²) in [6.07, 6.45) is 0.182. The zero-order chi connectivity index (χ0) is 12.3. The molecule has 0 spiro atoms. The van der Waals surface area contributed by atoms with Crippen molar-refractivity contribution in [1.29, 1.82) is 0 Å². The van der Waals surface area contributed by atoms with Crippen LogP contribution in [0.1, 0.15) is 33.6 Å². The highest BCUT2D eigenvalue weighted by atomic mass is 32.2. The Morgan fingerprint density at radius 2 is 1.67 bits per heavy atom. The molecule has 0 rings (SSSR count). The van der Waals surface area contributed by atoms with E-state index >= 15 is 0 Å². The second-order valence-corrected chi connectivity index (χ2v) is 7.41. The molecule has 0 aromatic heterocycles. The number of aliphatic hydroxyl groups excluding tert-OH is 2. The molecule has 2 unspecified atom stereocenters. The molecular formula is C10H22O4S. The van der Waals surface area contributed by atoms with Crippen LogP contribution in [0.2, 0.25) is 0 Å². The first kappa shape index (κ1) is 14.9. The summed E-state index contributed by atoms with van der Waals surface area (Å²) in [4.78, 5) is 0. The lowest BCUT2D eigenvalue weighted by Crippen LogP contribution is -2.37. The monoisotopic (exact) mass is 238 g/mol. The van der Waals surface area contributed by atoms with E-state index in [4.69, 9.17) is 0 Å². The lowest BCUT2D eigenvalue weighted by atomic mass is 9.84. The van der Waals surface area contributed by atoms with Gasteiger partial charge in [-0.25, -0.2) is 8.42 Å². The van der Waals surface area contributed by atoms with Crippen LogP contribution in [0.15, 0.2) is 0 Å². The van der Waals surface area contributed by atoms with Gasteiger partial charge in [0.25, 0.3) is 0 Å². The molecule has 0 bridgehead atoms. The van der Waals surface area contributed by atoms with Crippen LogP contribution in [-0.2, 0) is 9.84 Å². The summed E-state index contributed by atoms with van der Waals surface area (Å²) < 4.78 is 21.7. The van der Waals surface area contributed by atoms with Gasteiger partial charge >= 0.3 is 0 Å². The zero-order valence-electron chi connectivity index (χ0n) is 9.90. The largest absolute Gasteiger partial charge is 0.390 e. The number of hydrogen-bond donors (Lipinski definition) is 2. The van der Waals surface area contributed by atoms with E-state index in [1.807, 2.05) is 20.8 Å². The van der Waals surface area contributed by atoms with Crippen LogP contribution in [0.3, 0.4) is 0 Å². The van der Waals surface area contributed by atoms with E-state index in [2.05, 4.69) is 0 Å². The molecule has 15 heavy (non-hydrogen) atoms. The third kappa shape index (κ3) is 6.87. The van der Waals surface area contributed by atoms with Gasteiger partial charge in [-0.15, -0.1) is 0 Å². The highest BCUT2D eigenvalue weighted by molar-refractivity contribution is 7.90. The van der Waals surface area contributed by atoms with E-state index in [9.17, 15) is 18.6 Å². The summed E-state index contributed by atoms with van der Waals surface area (Å²) >= 11 is 0. The van der Waals surface area contributed by atoms with Gasteiger partial charge in [-0.05, 0) is 18.3 Å². The zero-order valence-corrected chi connectivity index (χ0v) is 10.7. The summed E-state index contributed by atoms with van der Waals surface area (Å²) in [5.41, 5.74) is -0.384. The molecule has 0 aliphatic carbocycles. The molecule has 92 valence electrons. The highest BCUT2D eigenvalue weighted by Crippen LogP contribution is 2.23. The normalized spacial score (nSPS) is 17.5. The third-order valence-electron chi connectivity index (χ3n) is 2.27. The number of rotatable bonds is 5. The van der Waals surface area contributed by atoms with E-state index < -0.39 is 22.0 Å². The summed E-state index contributed by atoms with van der Waals surface area (Å²) in [5, 5.41) is 19.3. The Bertz CT molecular complexity index is 276. The molecular weight excluding hydrogens is 216 g/mol. The van der Waals surface area contributed by atoms with Crippen molar-refractivity contribution in [3.63, 3.8) is 0 Å². The Morgan fingerprint density at radius 3 is 2.00 bits per heavy atom. The van der Waals surface area contributed by atoms with Crippen molar-refractivity contribution >= 4 is 9.84 Å². The SMILES string of the molecule is CC(C)(C)C(O)C(O)CCCS(C)(=O)=O. The van der Waals surface area contributed by atoms with Gasteiger partial charge in [0.2, 0.25) is 0 Å². The Kier molecular flexibility index (Phi) is 5.23. The minimum atomic E-state index is -2.97. The molecule has 0 fully saturated rings. The van der Waals surface area contributed by atoms with E-state index in [0.717, 1.165) is 0 Å². The van der Waals surface area contributed by atoms with Gasteiger partial charge in [-0.1, -0.05) is 20.8 Å². The van der Waals surface area contributed by atoms with Crippen LogP contribution < -0.4 is 0 Å². The molecule has 0 saturated carbocycles. The second kappa shape index (κ2) is 5.27. The summed E-state index contributed by atoms with van der Waals surface area (Å²) in [5.74, 6) is 0.0565. The van der Waals surface area contributed by atoms with Gasteiger partial charge in [0, 0.05) is 12.0 Å². The van der Waals surface area contributed by atoms with Crippen molar-refractivity contribution in [1.82, 2.24) is 0 Å². The van der Waals surface area contributed by atoms with Crippen LogP contribution >= 0.6 is 0 Å². The van der Waals surface area contributed by atoms with Gasteiger partial charge in [0.05, 0.1) is 12.2 Å². The molecule has 0 radical (unpaired) electrons. The maximum Gasteiger partial charge on any atom is 0.147 e. The first-order chi connectivity index (χ1) is 6.54. The molecule has 0 amide bonds. The summed E-state index contributed by atoms with van der Waals surface area (Å²) in [6.45, 7) is 5.49. The van der Waals surface area contributed by atoms with E-state index in [1.54, 1.807) is 0 Å². The molecule has 4 nitrogen and oxygen atoms in total. The number of sulfone groups is 1. The molecule has 0 aliphatic rings. The average Bonchev–Trinajstić information content (AvgIpc) is 1.98. The Morgan fingerprint density at radius 1 is 1.20 bits per heavy atom. The maximum absolute atomic E-state index is 10.8. The van der Waals surface area contributed by atoms with Gasteiger partial charge in [0.15, 0.2) is 0 Å². The summed E-state index contributed by atoms with van der Waals surface area (Å²) in [6, 6.07) is 0. The van der Waals surface area contributed by atoms with Crippen molar-refractivity contribution < 1.29 is 18.6 Å². The van der Waals surface area contributed by atoms with Gasteiger partial charge < -0.3 is 10.2 Å². The average molecular weight is 238 g/mol. The fraction of sp³-hybridized carbons (Fsp3) is 1.00. The molecule has 0 heterocycles. The molecule has 0 saturated heterocycles. The predicted molar refractivity (Wildman–Crippen MR) is 60.4 cm³/mol. The molecule has 2 atom stereocenters. The molecule has 0 aliphatic heterocycles. The Hall–Kier alpha value is -0.130. The number of aliphatic hydroxyl groups is 2. The van der Waals surface area contributed by atoms with Gasteiger partial charge in [-0.2, -0.15) is 0 Å². The Labute approximate surface area is 92.2 Å². The van der Waals surface area contributed by atoms with Gasteiger partial charge in [-0.3, -0.25) is 0 Å². The van der Waals surface area contributed by atoms with Crippen LogP contribution in [-0.4, -0.2) is 42.8 Å². The lowest BCUT2D eigenvalue weighted by Gasteiger charge is -2.29. The molecule has 2 N–H and O–H groups in total. The van der Waals surface area contributed by atoms with Crippen molar-refractivity contribution in [3.05, 3.63) is 0 Å². The summed E-state index contributed by atoms with van der Waals surface area (Å²) in [7, 11) is -2.97. The van der Waals surface area contributed by atoms with Crippen LogP contribution in [0.4, 0.5) is 0 Å². The smallest absolute Gasteiger partial charge is 0.147 e. The fourth-order valence-electron chi connectivity index (χ4n) is 1.29. The van der Waals surface area contributed by atoms with Crippen LogP contribution in [0.25, 0.3) is 0 Å². The Balaban J connectivity index is 4.00. The van der Waals surface area contributed by atoms with Crippen LogP contribution in [0.5, 0.6) is 0 Å². The van der Waals surface area contributed by atoms with Crippen molar-refractivity contribution in [2.24, 2.45) is 5.41 Å². The van der Waals surface area contributed by atoms with E-state index in [-0.39, 0.29) is 11.2 Å². The predicted octanol–water partition coefficient (Wildman–Crippen LogP) is 0.579. The minimum absolute atomic E-state index is 0.0565. The maximum atomic E-state index is 10.8. The van der Waals surface area contributed by atoms with Crippen molar-refractivity contribution in [2.45, 2.75) is 45.8 Å². The first-order valence-electron chi connectivity index (χ1n) is 5.08. The molecule has 0 aromatic rings. The van der Waals surface area contributed by atoms with Gasteiger partial charge in [0.1, 0.15) is 9.84 Å². The third-order valence-corrected chi connectivity index (χ3v) is 3.30. The van der Waals surface area contributed by atoms with Crippen molar-refractivity contribution in [2.75, 3.05) is 12.0 Å². The van der Waals surface area contributed by atoms with Crippen molar-refractivity contribution in [3.8, 4) is 0 Å². The molecule has 0 aromatic carbocycles. The van der Waals surface area contributed by atoms with E-state index in [1.165, 1.54) is 6.26 Å². The quantitative estimate of drug-likeness (QED) is 0.734. The highest BCUT2D eigenvalue weighted by Gasteiger charge is 2.28. The molecule has 5 heteroatoms. The first-order valence-corrected chi connectivity index (χ1v) is 7.14. The lowest BCUT2D eigenvalue weighted by molar-refractivity contribution is -0.0473. The fourth-order valence-corrected chi connectivity index (χ4v) is 1.98.